The summed E-state index contributed by atoms with van der Waals surface area (Å²) in [5.41, 5.74) is 0. The molecule has 5 heteroatoms. The van der Waals surface area contributed by atoms with Crippen LogP contribution in [-0.2, 0) is 9.59 Å². The Balaban J connectivity index is 1.35. The first-order valence-electron chi connectivity index (χ1n) is 8.53. The van der Waals surface area contributed by atoms with E-state index in [1.807, 2.05) is 9.80 Å². The van der Waals surface area contributed by atoms with E-state index in [2.05, 4.69) is 4.90 Å². The summed E-state index contributed by atoms with van der Waals surface area (Å²) in [5.74, 6) is 1.00. The SMILES string of the molecule is O=C(CCN1CCN(C(=O)C2CC2)CC1)N1CCCCC1. The highest BCUT2D eigenvalue weighted by Gasteiger charge is 2.34. The molecule has 5 nitrogen and oxygen atoms in total. The second-order valence-corrected chi connectivity index (χ2v) is 6.63. The van der Waals surface area contributed by atoms with Crippen molar-refractivity contribution in [3.63, 3.8) is 0 Å². The standard InChI is InChI=1S/C16H27N3O2/c20-15(18-7-2-1-3-8-18)6-9-17-10-12-19(13-11-17)16(21)14-4-5-14/h14H,1-13H2. The van der Waals surface area contributed by atoms with E-state index in [0.29, 0.717) is 24.2 Å². The minimum Gasteiger partial charge on any atom is -0.343 e. The fourth-order valence-electron chi connectivity index (χ4n) is 3.34. The van der Waals surface area contributed by atoms with Crippen LogP contribution in [-0.4, -0.2) is 72.3 Å². The quantitative estimate of drug-likeness (QED) is 0.775. The van der Waals surface area contributed by atoms with Crippen molar-refractivity contribution in [3.8, 4) is 0 Å². The Kier molecular flexibility index (Phi) is 4.78. The van der Waals surface area contributed by atoms with Gasteiger partial charge in [-0.3, -0.25) is 14.5 Å². The Labute approximate surface area is 127 Å². The number of hydrogen-bond acceptors (Lipinski definition) is 3. The van der Waals surface area contributed by atoms with Crippen LogP contribution in [0.3, 0.4) is 0 Å². The third kappa shape index (κ3) is 3.96. The molecule has 0 spiro atoms. The molecule has 1 saturated carbocycles. The van der Waals surface area contributed by atoms with Crippen LogP contribution >= 0.6 is 0 Å². The molecule has 0 aromatic carbocycles. The number of piperazine rings is 1. The van der Waals surface area contributed by atoms with Crippen LogP contribution in [0.4, 0.5) is 0 Å². The molecule has 2 aliphatic heterocycles. The predicted octanol–water partition coefficient (Wildman–Crippen LogP) is 0.943. The summed E-state index contributed by atoms with van der Waals surface area (Å²) in [4.78, 5) is 30.5. The van der Waals surface area contributed by atoms with E-state index >= 15 is 0 Å². The van der Waals surface area contributed by atoms with Gasteiger partial charge >= 0.3 is 0 Å². The highest BCUT2D eigenvalue weighted by Crippen LogP contribution is 2.31. The number of amides is 2. The van der Waals surface area contributed by atoms with Gasteiger partial charge in [-0.25, -0.2) is 0 Å². The smallest absolute Gasteiger partial charge is 0.225 e. The van der Waals surface area contributed by atoms with Crippen LogP contribution in [0.5, 0.6) is 0 Å². The Morgan fingerprint density at radius 1 is 0.810 bits per heavy atom. The molecule has 0 aromatic rings. The normalized spacial score (nSPS) is 24.2. The van der Waals surface area contributed by atoms with Crippen molar-refractivity contribution in [1.29, 1.82) is 0 Å². The van der Waals surface area contributed by atoms with E-state index < -0.39 is 0 Å². The van der Waals surface area contributed by atoms with Gasteiger partial charge in [0.05, 0.1) is 0 Å². The monoisotopic (exact) mass is 293 g/mol. The average molecular weight is 293 g/mol. The Morgan fingerprint density at radius 2 is 1.48 bits per heavy atom. The van der Waals surface area contributed by atoms with Crippen molar-refractivity contribution in [1.82, 2.24) is 14.7 Å². The lowest BCUT2D eigenvalue weighted by Crippen LogP contribution is -2.50. The van der Waals surface area contributed by atoms with Crippen LogP contribution in [0.25, 0.3) is 0 Å². The maximum absolute atomic E-state index is 12.1. The molecule has 0 atom stereocenters. The third-order valence-corrected chi connectivity index (χ3v) is 4.96. The maximum atomic E-state index is 12.1. The number of carbonyl (C=O) groups excluding carboxylic acids is 2. The van der Waals surface area contributed by atoms with Gasteiger partial charge in [-0.1, -0.05) is 0 Å². The predicted molar refractivity (Wildman–Crippen MR) is 80.8 cm³/mol. The van der Waals surface area contributed by atoms with Crippen molar-refractivity contribution in [2.75, 3.05) is 45.8 Å². The number of rotatable bonds is 4. The number of piperidine rings is 1. The van der Waals surface area contributed by atoms with Crippen molar-refractivity contribution in [2.45, 2.75) is 38.5 Å². The second-order valence-electron chi connectivity index (χ2n) is 6.63. The molecule has 2 heterocycles. The molecular weight excluding hydrogens is 266 g/mol. The van der Waals surface area contributed by atoms with Gasteiger partial charge < -0.3 is 9.80 Å². The summed E-state index contributed by atoms with van der Waals surface area (Å²) in [6.07, 6.45) is 6.39. The Morgan fingerprint density at radius 3 is 2.10 bits per heavy atom. The van der Waals surface area contributed by atoms with Gasteiger partial charge in [0.1, 0.15) is 0 Å². The third-order valence-electron chi connectivity index (χ3n) is 4.96. The van der Waals surface area contributed by atoms with E-state index in [4.69, 9.17) is 0 Å². The number of nitrogens with zero attached hydrogens (tertiary/aromatic N) is 3. The summed E-state index contributed by atoms with van der Waals surface area (Å²) in [6.45, 7) is 6.27. The summed E-state index contributed by atoms with van der Waals surface area (Å²) in [7, 11) is 0. The van der Waals surface area contributed by atoms with Gasteiger partial charge in [0, 0.05) is 58.2 Å². The Bertz CT molecular complexity index is 381. The molecule has 0 unspecified atom stereocenters. The van der Waals surface area contributed by atoms with Gasteiger partial charge in [0.25, 0.3) is 0 Å². The van der Waals surface area contributed by atoms with E-state index in [1.54, 1.807) is 0 Å². The molecule has 3 rings (SSSR count). The lowest BCUT2D eigenvalue weighted by molar-refractivity contribution is -0.135. The van der Waals surface area contributed by atoms with Gasteiger partial charge in [-0.05, 0) is 32.1 Å². The molecule has 0 radical (unpaired) electrons. The van der Waals surface area contributed by atoms with E-state index in [1.165, 1.54) is 6.42 Å². The molecule has 3 fully saturated rings. The summed E-state index contributed by atoms with van der Waals surface area (Å²) in [5, 5.41) is 0. The molecular formula is C16H27N3O2. The highest BCUT2D eigenvalue weighted by atomic mass is 16.2. The first kappa shape index (κ1) is 14.8. The maximum Gasteiger partial charge on any atom is 0.225 e. The summed E-state index contributed by atoms with van der Waals surface area (Å²) in [6, 6.07) is 0. The van der Waals surface area contributed by atoms with Crippen LogP contribution in [0.2, 0.25) is 0 Å². The number of likely N-dealkylation sites (tertiary alicyclic amines) is 1. The number of carbonyl (C=O) groups is 2. The van der Waals surface area contributed by atoms with Crippen LogP contribution in [0, 0.1) is 5.92 Å². The van der Waals surface area contributed by atoms with Gasteiger partial charge in [-0.2, -0.15) is 0 Å². The minimum absolute atomic E-state index is 0.311. The van der Waals surface area contributed by atoms with Gasteiger partial charge in [0.15, 0.2) is 0 Å². The first-order valence-corrected chi connectivity index (χ1v) is 8.53. The summed E-state index contributed by atoms with van der Waals surface area (Å²) < 4.78 is 0. The Hall–Kier alpha value is -1.10. The lowest BCUT2D eigenvalue weighted by Gasteiger charge is -2.35. The van der Waals surface area contributed by atoms with Gasteiger partial charge in [0.2, 0.25) is 11.8 Å². The zero-order valence-corrected chi connectivity index (χ0v) is 12.9. The highest BCUT2D eigenvalue weighted by molar-refractivity contribution is 5.81. The topological polar surface area (TPSA) is 43.9 Å². The first-order chi connectivity index (χ1) is 10.2. The molecule has 2 saturated heterocycles. The molecule has 0 aromatic heterocycles. The van der Waals surface area contributed by atoms with Crippen LogP contribution in [0.15, 0.2) is 0 Å². The largest absolute Gasteiger partial charge is 0.343 e. The van der Waals surface area contributed by atoms with Crippen molar-refractivity contribution < 1.29 is 9.59 Å². The second kappa shape index (κ2) is 6.77. The summed E-state index contributed by atoms with van der Waals surface area (Å²) >= 11 is 0. The number of hydrogen-bond donors (Lipinski definition) is 0. The molecule has 0 N–H and O–H groups in total. The molecule has 1 aliphatic carbocycles. The van der Waals surface area contributed by atoms with E-state index in [-0.39, 0.29) is 0 Å². The fraction of sp³-hybridized carbons (Fsp3) is 0.875. The van der Waals surface area contributed by atoms with Crippen LogP contribution < -0.4 is 0 Å². The minimum atomic E-state index is 0.311. The molecule has 0 bridgehead atoms. The van der Waals surface area contributed by atoms with E-state index in [0.717, 1.165) is 71.5 Å². The van der Waals surface area contributed by atoms with E-state index in [9.17, 15) is 9.59 Å². The zero-order valence-electron chi connectivity index (χ0n) is 12.9. The van der Waals surface area contributed by atoms with Crippen molar-refractivity contribution in [2.24, 2.45) is 5.92 Å². The average Bonchev–Trinajstić information content (AvgIpc) is 3.38. The fourth-order valence-corrected chi connectivity index (χ4v) is 3.34. The molecule has 3 aliphatic rings. The van der Waals surface area contributed by atoms with Crippen LogP contribution in [0.1, 0.15) is 38.5 Å². The van der Waals surface area contributed by atoms with Crippen molar-refractivity contribution in [3.05, 3.63) is 0 Å². The lowest BCUT2D eigenvalue weighted by atomic mass is 10.1. The van der Waals surface area contributed by atoms with Gasteiger partial charge in [-0.15, -0.1) is 0 Å². The molecule has 2 amide bonds. The molecule has 118 valence electrons. The van der Waals surface area contributed by atoms with Crippen molar-refractivity contribution >= 4 is 11.8 Å². The zero-order chi connectivity index (χ0) is 14.7. The molecule has 21 heavy (non-hydrogen) atoms.